The van der Waals surface area contributed by atoms with Gasteiger partial charge in [-0.15, -0.1) is 0 Å². The van der Waals surface area contributed by atoms with Gasteiger partial charge in [-0.2, -0.15) is 0 Å². The number of benzene rings is 2. The minimum atomic E-state index is -0.377. The van der Waals surface area contributed by atoms with E-state index in [4.69, 9.17) is 9.15 Å². The number of ether oxygens (including phenoxy) is 1. The van der Waals surface area contributed by atoms with Crippen LogP contribution in [0.1, 0.15) is 53.7 Å². The van der Waals surface area contributed by atoms with E-state index in [1.165, 1.54) is 7.11 Å². The maximum Gasteiger partial charge on any atom is 0.343 e. The van der Waals surface area contributed by atoms with Gasteiger partial charge in [0.05, 0.1) is 18.2 Å². The van der Waals surface area contributed by atoms with Crippen molar-refractivity contribution < 1.29 is 13.9 Å². The third-order valence-electron chi connectivity index (χ3n) is 5.32. The van der Waals surface area contributed by atoms with Crippen LogP contribution >= 0.6 is 0 Å². The summed E-state index contributed by atoms with van der Waals surface area (Å²) < 4.78 is 10.4. The van der Waals surface area contributed by atoms with Crippen LogP contribution in [0.4, 0.5) is 5.69 Å². The lowest BCUT2D eigenvalue weighted by Gasteiger charge is -2.24. The number of rotatable bonds is 8. The molecule has 3 aromatic rings. The Labute approximate surface area is 182 Å². The number of aryl methyl sites for hydroxylation is 1. The first-order valence-corrected chi connectivity index (χ1v) is 10.7. The van der Waals surface area contributed by atoms with Crippen molar-refractivity contribution in [3.05, 3.63) is 75.1 Å². The summed E-state index contributed by atoms with van der Waals surface area (Å²) in [4.78, 5) is 26.6. The molecule has 0 fully saturated rings. The molecule has 162 valence electrons. The summed E-state index contributed by atoms with van der Waals surface area (Å²) >= 11 is 0. The summed E-state index contributed by atoms with van der Waals surface area (Å²) in [6, 6.07) is 13.1. The van der Waals surface area contributed by atoms with Gasteiger partial charge in [0.25, 0.3) is 0 Å². The number of esters is 1. The highest BCUT2D eigenvalue weighted by molar-refractivity contribution is 5.90. The van der Waals surface area contributed by atoms with Gasteiger partial charge in [-0.3, -0.25) is 0 Å². The molecule has 1 heterocycles. The van der Waals surface area contributed by atoms with Crippen molar-refractivity contribution in [3.8, 4) is 0 Å². The molecule has 0 amide bonds. The summed E-state index contributed by atoms with van der Waals surface area (Å²) in [5.41, 5.74) is 4.09. The fourth-order valence-corrected chi connectivity index (χ4v) is 3.69. The molecule has 0 saturated heterocycles. The van der Waals surface area contributed by atoms with E-state index < -0.39 is 0 Å². The maximum absolute atomic E-state index is 12.7. The van der Waals surface area contributed by atoms with E-state index in [1.807, 2.05) is 37.3 Å². The number of carbonyl (C=O) groups is 1. The molecule has 31 heavy (non-hydrogen) atoms. The van der Waals surface area contributed by atoms with E-state index in [9.17, 15) is 9.59 Å². The smallest absolute Gasteiger partial charge is 0.343 e. The van der Waals surface area contributed by atoms with Crippen LogP contribution in [0.2, 0.25) is 0 Å². The zero-order valence-electron chi connectivity index (χ0n) is 18.6. The van der Waals surface area contributed by atoms with Crippen molar-refractivity contribution >= 4 is 34.8 Å². The molecule has 0 bridgehead atoms. The van der Waals surface area contributed by atoms with Gasteiger partial charge in [0.2, 0.25) is 0 Å². The average Bonchev–Trinajstić information content (AvgIpc) is 2.78. The summed E-state index contributed by atoms with van der Waals surface area (Å²) in [5, 5.41) is 0.928. The van der Waals surface area contributed by atoms with Crippen LogP contribution in [0.25, 0.3) is 23.1 Å². The molecule has 0 unspecified atom stereocenters. The predicted molar refractivity (Wildman–Crippen MR) is 127 cm³/mol. The highest BCUT2D eigenvalue weighted by Gasteiger charge is 2.12. The minimum Gasteiger partial charge on any atom is -0.465 e. The molecule has 5 nitrogen and oxygen atoms in total. The van der Waals surface area contributed by atoms with Gasteiger partial charge in [-0.1, -0.05) is 32.1 Å². The molecule has 0 aliphatic heterocycles. The van der Waals surface area contributed by atoms with Gasteiger partial charge in [-0.25, -0.2) is 9.59 Å². The number of fused-ring (bicyclic) bond motifs is 1. The Morgan fingerprint density at radius 1 is 1.03 bits per heavy atom. The Morgan fingerprint density at radius 3 is 2.32 bits per heavy atom. The molecular formula is C26H29NO4. The number of carbonyl (C=O) groups excluding carboxylic acids is 1. The van der Waals surface area contributed by atoms with Crippen LogP contribution in [0.5, 0.6) is 0 Å². The molecule has 0 aliphatic rings. The van der Waals surface area contributed by atoms with E-state index in [0.717, 1.165) is 48.1 Å². The minimum absolute atomic E-state index is 0.359. The van der Waals surface area contributed by atoms with Crippen LogP contribution in [0.15, 0.2) is 51.7 Å². The maximum atomic E-state index is 12.7. The molecule has 0 radical (unpaired) electrons. The van der Waals surface area contributed by atoms with E-state index in [0.29, 0.717) is 16.7 Å². The number of nitrogens with zero attached hydrogens (tertiary/aromatic N) is 1. The van der Waals surface area contributed by atoms with Gasteiger partial charge in [0.15, 0.2) is 0 Å². The van der Waals surface area contributed by atoms with E-state index in [2.05, 4.69) is 24.8 Å². The highest BCUT2D eigenvalue weighted by atomic mass is 16.5. The van der Waals surface area contributed by atoms with Crippen molar-refractivity contribution in [3.63, 3.8) is 0 Å². The predicted octanol–water partition coefficient (Wildman–Crippen LogP) is 5.68. The average molecular weight is 420 g/mol. The molecule has 3 rings (SSSR count). The lowest BCUT2D eigenvalue weighted by atomic mass is 10.0. The fraction of sp³-hybridized carbons (Fsp3) is 0.308. The number of hydrogen-bond acceptors (Lipinski definition) is 5. The van der Waals surface area contributed by atoms with Crippen LogP contribution in [0.3, 0.4) is 0 Å². The molecule has 2 aromatic carbocycles. The third-order valence-corrected chi connectivity index (χ3v) is 5.32. The largest absolute Gasteiger partial charge is 0.465 e. The Morgan fingerprint density at radius 2 is 1.71 bits per heavy atom. The summed E-state index contributed by atoms with van der Waals surface area (Å²) in [6.45, 7) is 8.20. The molecule has 0 N–H and O–H groups in total. The Kier molecular flexibility index (Phi) is 7.29. The lowest BCUT2D eigenvalue weighted by Crippen LogP contribution is -2.24. The van der Waals surface area contributed by atoms with Gasteiger partial charge in [-0.05, 0) is 61.2 Å². The van der Waals surface area contributed by atoms with Crippen molar-refractivity contribution in [1.82, 2.24) is 0 Å². The Hall–Kier alpha value is -3.34. The SMILES string of the molecule is CCCN(CCC)c1ccc2c(C)c(/C=C/c3ccc(C(=O)OC)cc3)c(=O)oc2c1. The van der Waals surface area contributed by atoms with Gasteiger partial charge < -0.3 is 14.1 Å². The Bertz CT molecular complexity index is 1140. The second-order valence-corrected chi connectivity index (χ2v) is 7.54. The number of anilines is 1. The summed E-state index contributed by atoms with van der Waals surface area (Å²) in [6.07, 6.45) is 5.73. The topological polar surface area (TPSA) is 59.8 Å². The van der Waals surface area contributed by atoms with Gasteiger partial charge in [0.1, 0.15) is 5.58 Å². The van der Waals surface area contributed by atoms with E-state index >= 15 is 0 Å². The summed E-state index contributed by atoms with van der Waals surface area (Å²) in [5.74, 6) is -0.377. The molecule has 5 heteroatoms. The van der Waals surface area contributed by atoms with Crippen LogP contribution in [0, 0.1) is 6.92 Å². The molecule has 0 saturated carbocycles. The monoisotopic (exact) mass is 419 g/mol. The molecule has 1 aromatic heterocycles. The quantitative estimate of drug-likeness (QED) is 0.347. The molecule has 0 aliphatic carbocycles. The Balaban J connectivity index is 1.93. The molecular weight excluding hydrogens is 390 g/mol. The second kappa shape index (κ2) is 10.1. The van der Waals surface area contributed by atoms with Crippen molar-refractivity contribution in [2.45, 2.75) is 33.6 Å². The highest BCUT2D eigenvalue weighted by Crippen LogP contribution is 2.26. The second-order valence-electron chi connectivity index (χ2n) is 7.54. The van der Waals surface area contributed by atoms with Gasteiger partial charge >= 0.3 is 11.6 Å². The van der Waals surface area contributed by atoms with E-state index in [-0.39, 0.29) is 11.6 Å². The zero-order valence-corrected chi connectivity index (χ0v) is 18.6. The summed E-state index contributed by atoms with van der Waals surface area (Å²) in [7, 11) is 1.35. The first kappa shape index (κ1) is 22.3. The standard InChI is InChI=1S/C26H29NO4/c1-5-15-27(16-6-2)21-12-14-22-18(3)23(26(29)31-24(22)17-21)13-9-19-7-10-20(11-8-19)25(28)30-4/h7-14,17H,5-6,15-16H2,1-4H3/b13-9+. The van der Waals surface area contributed by atoms with Crippen molar-refractivity contribution in [2.75, 3.05) is 25.1 Å². The first-order chi connectivity index (χ1) is 15.0. The third kappa shape index (κ3) is 5.05. The normalized spacial score (nSPS) is 11.2. The van der Waals surface area contributed by atoms with Crippen LogP contribution in [-0.2, 0) is 4.74 Å². The molecule has 0 spiro atoms. The lowest BCUT2D eigenvalue weighted by molar-refractivity contribution is 0.0600. The van der Waals surface area contributed by atoms with Crippen LogP contribution < -0.4 is 10.5 Å². The zero-order chi connectivity index (χ0) is 22.4. The van der Waals surface area contributed by atoms with E-state index in [1.54, 1.807) is 18.2 Å². The fourth-order valence-electron chi connectivity index (χ4n) is 3.69. The first-order valence-electron chi connectivity index (χ1n) is 10.7. The van der Waals surface area contributed by atoms with Crippen molar-refractivity contribution in [1.29, 1.82) is 0 Å². The number of methoxy groups -OCH3 is 1. The van der Waals surface area contributed by atoms with Crippen LogP contribution in [-0.4, -0.2) is 26.2 Å². The van der Waals surface area contributed by atoms with Crippen molar-refractivity contribution in [2.24, 2.45) is 0 Å². The van der Waals surface area contributed by atoms with Gasteiger partial charge in [0, 0.05) is 30.2 Å². The number of hydrogen-bond donors (Lipinski definition) is 0. The molecule has 0 atom stereocenters.